The molecule has 0 bridgehead atoms. The van der Waals surface area contributed by atoms with Gasteiger partial charge >= 0.3 is 12.1 Å². The van der Waals surface area contributed by atoms with Crippen molar-refractivity contribution >= 4 is 29.1 Å². The van der Waals surface area contributed by atoms with Gasteiger partial charge in [0.05, 0.1) is 0 Å². The average Bonchev–Trinajstić information content (AvgIpc) is 2.70. The lowest BCUT2D eigenvalue weighted by atomic mass is 10.1. The molecule has 0 aliphatic rings. The average molecular weight is 444 g/mol. The Morgan fingerprint density at radius 2 is 1.69 bits per heavy atom. The van der Waals surface area contributed by atoms with Gasteiger partial charge in [-0.15, -0.1) is 0 Å². The first-order valence-corrected chi connectivity index (χ1v) is 10.8. The Morgan fingerprint density at radius 3 is 2.28 bits per heavy atom. The van der Waals surface area contributed by atoms with E-state index in [9.17, 15) is 14.0 Å². The van der Waals surface area contributed by atoms with Crippen molar-refractivity contribution in [3.8, 4) is 0 Å². The van der Waals surface area contributed by atoms with Crippen LogP contribution in [0.3, 0.4) is 0 Å². The summed E-state index contributed by atoms with van der Waals surface area (Å²) in [6, 6.07) is 10.8. The summed E-state index contributed by atoms with van der Waals surface area (Å²) >= 11 is 0. The highest BCUT2D eigenvalue weighted by molar-refractivity contribution is 5.91. The van der Waals surface area contributed by atoms with E-state index in [0.29, 0.717) is 17.9 Å². The lowest BCUT2D eigenvalue weighted by Gasteiger charge is -2.31. The van der Waals surface area contributed by atoms with E-state index in [1.807, 2.05) is 64.9 Å². The molecule has 0 aromatic heterocycles. The van der Waals surface area contributed by atoms with E-state index in [-0.39, 0.29) is 24.1 Å². The van der Waals surface area contributed by atoms with Crippen molar-refractivity contribution in [1.29, 1.82) is 0 Å². The number of carbonyl (C=O) groups excluding carboxylic acids is 2. The summed E-state index contributed by atoms with van der Waals surface area (Å²) in [4.78, 5) is 28.9. The van der Waals surface area contributed by atoms with Crippen LogP contribution in [0.15, 0.2) is 42.5 Å². The van der Waals surface area contributed by atoms with E-state index >= 15 is 0 Å². The maximum atomic E-state index is 13.5. The zero-order valence-electron chi connectivity index (χ0n) is 19.7. The fourth-order valence-corrected chi connectivity index (χ4v) is 3.25. The van der Waals surface area contributed by atoms with Crippen LogP contribution in [0.4, 0.5) is 31.0 Å². The van der Waals surface area contributed by atoms with Crippen molar-refractivity contribution in [2.75, 3.05) is 29.6 Å². The van der Waals surface area contributed by atoms with Gasteiger partial charge in [0, 0.05) is 49.8 Å². The monoisotopic (exact) mass is 443 g/mol. The predicted molar refractivity (Wildman–Crippen MR) is 129 cm³/mol. The van der Waals surface area contributed by atoms with Crippen LogP contribution >= 0.6 is 0 Å². The molecule has 2 rings (SSSR count). The van der Waals surface area contributed by atoms with Crippen molar-refractivity contribution < 1.29 is 14.0 Å². The van der Waals surface area contributed by atoms with E-state index < -0.39 is 5.82 Å². The normalized spacial score (nSPS) is 11.6. The Morgan fingerprint density at radius 1 is 1.00 bits per heavy atom. The van der Waals surface area contributed by atoms with Crippen LogP contribution in [0.1, 0.15) is 39.7 Å². The molecule has 1 atom stereocenters. The third kappa shape index (κ3) is 7.14. The molecule has 0 heterocycles. The van der Waals surface area contributed by atoms with Crippen LogP contribution in [0, 0.1) is 5.82 Å². The Labute approximate surface area is 190 Å². The number of nitrogens with zero attached hydrogens (tertiary/aromatic N) is 2. The number of nitrogens with one attached hydrogen (secondary N) is 3. The molecule has 3 N–H and O–H groups in total. The smallest absolute Gasteiger partial charge is 0.322 e. The van der Waals surface area contributed by atoms with Gasteiger partial charge in [-0.2, -0.15) is 0 Å². The van der Waals surface area contributed by atoms with Crippen molar-refractivity contribution in [3.05, 3.63) is 53.8 Å². The van der Waals surface area contributed by atoms with Gasteiger partial charge in [-0.05, 0) is 69.2 Å². The first kappa shape index (κ1) is 25.0. The van der Waals surface area contributed by atoms with Gasteiger partial charge < -0.3 is 25.8 Å². The van der Waals surface area contributed by atoms with Crippen LogP contribution < -0.4 is 20.9 Å². The summed E-state index contributed by atoms with van der Waals surface area (Å²) in [6.07, 6.45) is 0.753. The summed E-state index contributed by atoms with van der Waals surface area (Å²) < 4.78 is 13.5. The number of rotatable bonds is 8. The number of amides is 4. The van der Waals surface area contributed by atoms with Crippen molar-refractivity contribution in [2.24, 2.45) is 0 Å². The summed E-state index contributed by atoms with van der Waals surface area (Å²) in [5.74, 6) is -0.411. The zero-order valence-corrected chi connectivity index (χ0v) is 19.7. The Balaban J connectivity index is 2.30. The van der Waals surface area contributed by atoms with Gasteiger partial charge in [0.15, 0.2) is 0 Å². The number of urea groups is 2. The molecule has 1 unspecified atom stereocenters. The first-order valence-electron chi connectivity index (χ1n) is 10.8. The second kappa shape index (κ2) is 11.4. The van der Waals surface area contributed by atoms with E-state index in [0.717, 1.165) is 17.7 Å². The lowest BCUT2D eigenvalue weighted by molar-refractivity contribution is 0.187. The molecule has 0 aliphatic carbocycles. The second-order valence-electron chi connectivity index (χ2n) is 8.32. The number of carbonyl (C=O) groups is 2. The largest absolute Gasteiger partial charge is 0.377 e. The fourth-order valence-electron chi connectivity index (χ4n) is 3.25. The highest BCUT2D eigenvalue weighted by Gasteiger charge is 2.22. The number of hydrogen-bond acceptors (Lipinski definition) is 3. The van der Waals surface area contributed by atoms with Crippen LogP contribution in [0.25, 0.3) is 0 Å². The van der Waals surface area contributed by atoms with E-state index in [1.54, 1.807) is 17.0 Å². The molecule has 2 aromatic rings. The molecule has 0 spiro atoms. The van der Waals surface area contributed by atoms with Crippen LogP contribution in [0.2, 0.25) is 0 Å². The van der Waals surface area contributed by atoms with Gasteiger partial charge in [-0.1, -0.05) is 13.0 Å². The summed E-state index contributed by atoms with van der Waals surface area (Å²) in [5, 5.41) is 8.43. The Bertz CT molecular complexity index is 932. The molecular weight excluding hydrogens is 409 g/mol. The van der Waals surface area contributed by atoms with Crippen LogP contribution in [0.5, 0.6) is 0 Å². The van der Waals surface area contributed by atoms with E-state index in [2.05, 4.69) is 16.0 Å². The minimum Gasteiger partial charge on any atom is -0.377 e. The van der Waals surface area contributed by atoms with Crippen LogP contribution in [-0.2, 0) is 6.54 Å². The van der Waals surface area contributed by atoms with E-state index in [4.69, 9.17) is 0 Å². The summed E-state index contributed by atoms with van der Waals surface area (Å²) in [7, 11) is 3.86. The number of halogens is 1. The number of anilines is 3. The molecule has 0 aliphatic heterocycles. The predicted octanol–water partition coefficient (Wildman–Crippen LogP) is 5.25. The second-order valence-corrected chi connectivity index (χ2v) is 8.32. The molecule has 4 amide bonds. The van der Waals surface area contributed by atoms with Gasteiger partial charge in [-0.3, -0.25) is 0 Å². The van der Waals surface area contributed by atoms with Gasteiger partial charge in [0.25, 0.3) is 0 Å². The molecule has 0 saturated heterocycles. The maximum Gasteiger partial charge on any atom is 0.322 e. The molecule has 0 saturated carbocycles. The molecule has 2 aromatic carbocycles. The molecule has 7 nitrogen and oxygen atoms in total. The molecule has 174 valence electrons. The minimum atomic E-state index is -0.411. The topological polar surface area (TPSA) is 76.7 Å². The van der Waals surface area contributed by atoms with Gasteiger partial charge in [0.1, 0.15) is 5.82 Å². The summed E-state index contributed by atoms with van der Waals surface area (Å²) in [5.41, 5.74) is 2.86. The standard InChI is InChI=1S/C24H34FN5O2/c1-7-17(4)30(24(32)28-20-10-8-9-19(25)14-20)15-18-13-21(11-12-22(18)29(5)6)27-23(31)26-16(2)3/h8-14,16-17H,7,15H2,1-6H3,(H,28,32)(H2,26,27,31). The number of hydrogen-bond donors (Lipinski definition) is 3. The Hall–Kier alpha value is -3.29. The summed E-state index contributed by atoms with van der Waals surface area (Å²) in [6.45, 7) is 8.08. The quantitative estimate of drug-likeness (QED) is 0.521. The fraction of sp³-hybridized carbons (Fsp3) is 0.417. The van der Waals surface area contributed by atoms with E-state index in [1.165, 1.54) is 12.1 Å². The minimum absolute atomic E-state index is 0.0166. The third-order valence-electron chi connectivity index (χ3n) is 5.04. The SMILES string of the molecule is CCC(C)N(Cc1cc(NC(=O)NC(C)C)ccc1N(C)C)C(=O)Nc1cccc(F)c1. The van der Waals surface area contributed by atoms with Crippen LogP contribution in [-0.4, -0.2) is 43.1 Å². The molecule has 0 fully saturated rings. The molecule has 8 heteroatoms. The molecule has 32 heavy (non-hydrogen) atoms. The number of benzene rings is 2. The highest BCUT2D eigenvalue weighted by Crippen LogP contribution is 2.26. The van der Waals surface area contributed by atoms with Gasteiger partial charge in [-0.25, -0.2) is 14.0 Å². The molecule has 0 radical (unpaired) electrons. The Kier molecular flexibility index (Phi) is 8.87. The molecular formula is C24H34FN5O2. The zero-order chi connectivity index (χ0) is 23.8. The third-order valence-corrected chi connectivity index (χ3v) is 5.04. The van der Waals surface area contributed by atoms with Crippen molar-refractivity contribution in [3.63, 3.8) is 0 Å². The van der Waals surface area contributed by atoms with Crippen molar-refractivity contribution in [2.45, 2.75) is 52.7 Å². The van der Waals surface area contributed by atoms with Crippen molar-refractivity contribution in [1.82, 2.24) is 10.2 Å². The highest BCUT2D eigenvalue weighted by atomic mass is 19.1. The van der Waals surface area contributed by atoms with Gasteiger partial charge in [0.2, 0.25) is 0 Å². The lowest BCUT2D eigenvalue weighted by Crippen LogP contribution is -2.41. The maximum absolute atomic E-state index is 13.5. The first-order chi connectivity index (χ1) is 15.1.